The number of amides is 2. The second-order valence-corrected chi connectivity index (χ2v) is 6.42. The first-order valence-electron chi connectivity index (χ1n) is 5.70. The first kappa shape index (κ1) is 16.5. The predicted molar refractivity (Wildman–Crippen MR) is 79.0 cm³/mol. The fraction of sp³-hybridized carbons (Fsp3) is 0.333. The Morgan fingerprint density at radius 1 is 1.40 bits per heavy atom. The molecule has 20 heavy (non-hydrogen) atoms. The zero-order valence-corrected chi connectivity index (χ0v) is 12.5. The lowest BCUT2D eigenvalue weighted by Gasteiger charge is -2.11. The summed E-state index contributed by atoms with van der Waals surface area (Å²) in [5, 5.41) is 13.9. The maximum atomic E-state index is 11.6. The van der Waals surface area contributed by atoms with Crippen molar-refractivity contribution in [3.8, 4) is 0 Å². The Labute approximate surface area is 124 Å². The summed E-state index contributed by atoms with van der Waals surface area (Å²) < 4.78 is 11.1. The number of carboxylic acid groups (broad SMARTS) is 1. The third-order valence-electron chi connectivity index (χ3n) is 2.52. The Balaban J connectivity index is 2.66. The van der Waals surface area contributed by atoms with Crippen LogP contribution in [0.5, 0.6) is 0 Å². The van der Waals surface area contributed by atoms with Gasteiger partial charge in [-0.05, 0) is 25.1 Å². The molecule has 6 nitrogen and oxygen atoms in total. The minimum atomic E-state index is -1.13. The van der Waals surface area contributed by atoms with E-state index >= 15 is 0 Å². The van der Waals surface area contributed by atoms with E-state index in [0.29, 0.717) is 0 Å². The van der Waals surface area contributed by atoms with E-state index in [0.717, 1.165) is 0 Å². The molecule has 0 spiro atoms. The highest BCUT2D eigenvalue weighted by atomic mass is 35.5. The molecule has 0 aromatic heterocycles. The van der Waals surface area contributed by atoms with Crippen LogP contribution in [-0.4, -0.2) is 39.4 Å². The fourth-order valence-electron chi connectivity index (χ4n) is 1.31. The monoisotopic (exact) mass is 318 g/mol. The normalized spacial score (nSPS) is 13.3. The number of carbonyl (C=O) groups is 2. The highest BCUT2D eigenvalue weighted by molar-refractivity contribution is 7.84. The fourth-order valence-corrected chi connectivity index (χ4v) is 1.87. The van der Waals surface area contributed by atoms with Crippen molar-refractivity contribution >= 4 is 40.1 Å². The van der Waals surface area contributed by atoms with Crippen molar-refractivity contribution in [1.29, 1.82) is 0 Å². The molecule has 110 valence electrons. The van der Waals surface area contributed by atoms with Crippen LogP contribution in [0.25, 0.3) is 0 Å². The first-order chi connectivity index (χ1) is 9.29. The summed E-state index contributed by atoms with van der Waals surface area (Å²) in [5.41, 5.74) is 0.258. The van der Waals surface area contributed by atoms with Crippen LogP contribution >= 0.6 is 11.6 Å². The minimum absolute atomic E-state index is 0.0178. The summed E-state index contributed by atoms with van der Waals surface area (Å²) in [7, 11) is -1.03. The largest absolute Gasteiger partial charge is 0.478 e. The highest BCUT2D eigenvalue weighted by Gasteiger charge is 2.10. The molecule has 1 aromatic rings. The molecule has 8 heteroatoms. The number of urea groups is 1. The number of rotatable bonds is 5. The van der Waals surface area contributed by atoms with Crippen LogP contribution in [0.4, 0.5) is 10.5 Å². The van der Waals surface area contributed by atoms with Crippen molar-refractivity contribution in [2.75, 3.05) is 18.1 Å². The van der Waals surface area contributed by atoms with Crippen molar-refractivity contribution in [3.05, 3.63) is 28.8 Å². The maximum absolute atomic E-state index is 11.6. The zero-order valence-electron chi connectivity index (χ0n) is 11.0. The predicted octanol–water partition coefficient (Wildman–Crippen LogP) is 1.93. The van der Waals surface area contributed by atoms with E-state index in [1.54, 1.807) is 13.2 Å². The average Bonchev–Trinajstić information content (AvgIpc) is 2.34. The van der Waals surface area contributed by atoms with Crippen LogP contribution in [-0.2, 0) is 10.8 Å². The molecule has 0 radical (unpaired) electrons. The lowest BCUT2D eigenvalue weighted by atomic mass is 10.2. The Hall–Kier alpha value is -1.60. The lowest BCUT2D eigenvalue weighted by molar-refractivity contribution is 0.0697. The van der Waals surface area contributed by atoms with Crippen molar-refractivity contribution < 1.29 is 18.9 Å². The molecule has 0 saturated carbocycles. The molecule has 2 amide bonds. The Morgan fingerprint density at radius 2 is 2.05 bits per heavy atom. The minimum Gasteiger partial charge on any atom is -0.478 e. The first-order valence-corrected chi connectivity index (χ1v) is 7.70. The van der Waals surface area contributed by atoms with E-state index in [4.69, 9.17) is 16.7 Å². The third-order valence-corrected chi connectivity index (χ3v) is 4.04. The molecule has 2 atom stereocenters. The van der Waals surface area contributed by atoms with Gasteiger partial charge in [-0.15, -0.1) is 0 Å². The molecule has 1 rings (SSSR count). The number of carboxylic acids is 1. The second-order valence-electron chi connectivity index (χ2n) is 4.18. The average molecular weight is 319 g/mol. The molecule has 0 fully saturated rings. The van der Waals surface area contributed by atoms with Crippen LogP contribution in [0.3, 0.4) is 0 Å². The van der Waals surface area contributed by atoms with Gasteiger partial charge in [0, 0.05) is 39.6 Å². The molecule has 0 aliphatic heterocycles. The summed E-state index contributed by atoms with van der Waals surface area (Å²) >= 11 is 5.77. The summed E-state index contributed by atoms with van der Waals surface area (Å²) in [6.07, 6.45) is 1.56. The summed E-state index contributed by atoms with van der Waals surface area (Å²) in [6, 6.07) is 3.51. The number of carbonyl (C=O) groups excluding carboxylic acids is 1. The van der Waals surface area contributed by atoms with Gasteiger partial charge in [-0.1, -0.05) is 11.6 Å². The highest BCUT2D eigenvalue weighted by Crippen LogP contribution is 2.19. The maximum Gasteiger partial charge on any atom is 0.335 e. The Bertz CT molecular complexity index is 550. The van der Waals surface area contributed by atoms with Crippen molar-refractivity contribution in [3.63, 3.8) is 0 Å². The molecule has 2 unspecified atom stereocenters. The van der Waals surface area contributed by atoms with E-state index in [1.807, 2.05) is 0 Å². The Kier molecular flexibility index (Phi) is 5.97. The summed E-state index contributed by atoms with van der Waals surface area (Å²) in [4.78, 5) is 22.5. The van der Waals surface area contributed by atoms with Gasteiger partial charge in [-0.25, -0.2) is 9.59 Å². The molecular weight excluding hydrogens is 304 g/mol. The van der Waals surface area contributed by atoms with Crippen LogP contribution in [0.2, 0.25) is 5.02 Å². The number of hydrogen-bond acceptors (Lipinski definition) is 3. The number of hydrogen-bond donors (Lipinski definition) is 3. The van der Waals surface area contributed by atoms with Gasteiger partial charge in [0.15, 0.2) is 0 Å². The van der Waals surface area contributed by atoms with Crippen LogP contribution in [0.1, 0.15) is 17.3 Å². The molecule has 0 heterocycles. The third kappa shape index (κ3) is 5.18. The summed E-state index contributed by atoms with van der Waals surface area (Å²) in [5.74, 6) is -1.13. The van der Waals surface area contributed by atoms with E-state index in [-0.39, 0.29) is 28.1 Å². The van der Waals surface area contributed by atoms with E-state index in [9.17, 15) is 13.8 Å². The van der Waals surface area contributed by atoms with Crippen LogP contribution < -0.4 is 10.6 Å². The van der Waals surface area contributed by atoms with Crippen molar-refractivity contribution in [2.24, 2.45) is 0 Å². The SMILES string of the molecule is CC(CNC(=O)Nc1cc(Cl)cc(C(=O)O)c1)S(C)=O. The van der Waals surface area contributed by atoms with Crippen LogP contribution in [0, 0.1) is 0 Å². The number of aromatic carboxylic acids is 1. The second kappa shape index (κ2) is 7.25. The van der Waals surface area contributed by atoms with Crippen LogP contribution in [0.15, 0.2) is 18.2 Å². The van der Waals surface area contributed by atoms with E-state index in [2.05, 4.69) is 10.6 Å². The van der Waals surface area contributed by atoms with E-state index in [1.165, 1.54) is 18.2 Å². The van der Waals surface area contributed by atoms with Crippen molar-refractivity contribution in [1.82, 2.24) is 5.32 Å². The zero-order chi connectivity index (χ0) is 15.3. The smallest absolute Gasteiger partial charge is 0.335 e. The molecule has 0 aliphatic carbocycles. The van der Waals surface area contributed by atoms with Gasteiger partial charge in [-0.3, -0.25) is 4.21 Å². The lowest BCUT2D eigenvalue weighted by Crippen LogP contribution is -2.35. The number of nitrogens with one attached hydrogen (secondary N) is 2. The molecule has 3 N–H and O–H groups in total. The topological polar surface area (TPSA) is 95.5 Å². The van der Waals surface area contributed by atoms with Crippen molar-refractivity contribution in [2.45, 2.75) is 12.2 Å². The quantitative estimate of drug-likeness (QED) is 0.773. The van der Waals surface area contributed by atoms with Gasteiger partial charge in [0.2, 0.25) is 0 Å². The molecule has 0 aliphatic rings. The van der Waals surface area contributed by atoms with Gasteiger partial charge >= 0.3 is 12.0 Å². The van der Waals surface area contributed by atoms with Gasteiger partial charge < -0.3 is 15.7 Å². The molecular formula is C12H15ClN2O4S. The number of benzene rings is 1. The van der Waals surface area contributed by atoms with E-state index < -0.39 is 22.8 Å². The van der Waals surface area contributed by atoms with Gasteiger partial charge in [-0.2, -0.15) is 0 Å². The van der Waals surface area contributed by atoms with Gasteiger partial charge in [0.1, 0.15) is 0 Å². The summed E-state index contributed by atoms with van der Waals surface area (Å²) in [6.45, 7) is 2.00. The van der Waals surface area contributed by atoms with Gasteiger partial charge in [0.05, 0.1) is 5.56 Å². The van der Waals surface area contributed by atoms with Gasteiger partial charge in [0.25, 0.3) is 0 Å². The standard InChI is InChI=1S/C12H15ClN2O4S/c1-7(20(2)19)6-14-12(18)15-10-4-8(11(16)17)3-9(13)5-10/h3-5,7H,6H2,1-2H3,(H,16,17)(H2,14,15,18). The Morgan fingerprint density at radius 3 is 2.60 bits per heavy atom. The molecule has 0 bridgehead atoms. The molecule has 0 saturated heterocycles. The number of anilines is 1. The number of halogens is 1. The molecule has 1 aromatic carbocycles.